The predicted octanol–water partition coefficient (Wildman–Crippen LogP) is 1.89. The second-order valence-electron chi connectivity index (χ2n) is 3.06. The van der Waals surface area contributed by atoms with E-state index in [0.29, 0.717) is 0 Å². The SMILES string of the molecule is COC(C)=[N+](C)Cc1ccccc1. The molecule has 1 aromatic carbocycles. The number of benzene rings is 1. The van der Waals surface area contributed by atoms with Crippen LogP contribution in [-0.4, -0.2) is 24.6 Å². The van der Waals surface area contributed by atoms with Gasteiger partial charge in [0.1, 0.15) is 7.05 Å². The molecule has 0 aliphatic heterocycles. The number of rotatable bonds is 2. The van der Waals surface area contributed by atoms with Crippen LogP contribution in [0.1, 0.15) is 12.5 Å². The number of hydrogen-bond donors (Lipinski definition) is 0. The lowest BCUT2D eigenvalue weighted by Gasteiger charge is -2.00. The van der Waals surface area contributed by atoms with Crippen molar-refractivity contribution >= 4 is 5.90 Å². The van der Waals surface area contributed by atoms with E-state index in [1.807, 2.05) is 32.2 Å². The van der Waals surface area contributed by atoms with Crippen molar-refractivity contribution < 1.29 is 9.31 Å². The average Bonchev–Trinajstić information content (AvgIpc) is 2.18. The van der Waals surface area contributed by atoms with Crippen LogP contribution >= 0.6 is 0 Å². The zero-order valence-electron chi connectivity index (χ0n) is 8.45. The molecular weight excluding hydrogens is 162 g/mol. The Hall–Kier alpha value is -1.31. The van der Waals surface area contributed by atoms with Crippen LogP contribution in [0.5, 0.6) is 0 Å². The maximum atomic E-state index is 5.13. The largest absolute Gasteiger partial charge is 0.452 e. The molecule has 0 amide bonds. The molecule has 0 aliphatic rings. The number of nitrogens with zero attached hydrogens (tertiary/aromatic N) is 1. The van der Waals surface area contributed by atoms with Crippen molar-refractivity contribution in [3.05, 3.63) is 35.9 Å². The van der Waals surface area contributed by atoms with Gasteiger partial charge in [0.2, 0.25) is 0 Å². The Morgan fingerprint density at radius 3 is 2.46 bits per heavy atom. The molecular formula is C11H16NO+. The zero-order valence-corrected chi connectivity index (χ0v) is 8.45. The van der Waals surface area contributed by atoms with Gasteiger partial charge in [0, 0.05) is 5.56 Å². The first-order chi connectivity index (χ1) is 6.24. The third-order valence-corrected chi connectivity index (χ3v) is 2.10. The molecule has 0 spiro atoms. The van der Waals surface area contributed by atoms with Crippen LogP contribution in [0.15, 0.2) is 30.3 Å². The summed E-state index contributed by atoms with van der Waals surface area (Å²) >= 11 is 0. The fourth-order valence-corrected chi connectivity index (χ4v) is 1.12. The minimum atomic E-state index is 0.889. The lowest BCUT2D eigenvalue weighted by Crippen LogP contribution is -2.15. The molecule has 0 fully saturated rings. The lowest BCUT2D eigenvalue weighted by atomic mass is 10.2. The molecule has 0 saturated heterocycles. The van der Waals surface area contributed by atoms with Gasteiger partial charge < -0.3 is 4.74 Å². The van der Waals surface area contributed by atoms with Gasteiger partial charge in [-0.05, 0) is 0 Å². The van der Waals surface area contributed by atoms with E-state index < -0.39 is 0 Å². The van der Waals surface area contributed by atoms with Gasteiger partial charge in [-0.25, -0.2) is 4.58 Å². The van der Waals surface area contributed by atoms with E-state index in [1.54, 1.807) is 7.11 Å². The minimum absolute atomic E-state index is 0.889. The van der Waals surface area contributed by atoms with Crippen molar-refractivity contribution in [3.63, 3.8) is 0 Å². The molecule has 0 saturated carbocycles. The summed E-state index contributed by atoms with van der Waals surface area (Å²) in [4.78, 5) is 0. The molecule has 0 aromatic heterocycles. The fourth-order valence-electron chi connectivity index (χ4n) is 1.12. The fraction of sp³-hybridized carbons (Fsp3) is 0.364. The first kappa shape index (κ1) is 9.78. The van der Waals surface area contributed by atoms with E-state index >= 15 is 0 Å². The van der Waals surface area contributed by atoms with Crippen LogP contribution in [0, 0.1) is 0 Å². The Morgan fingerprint density at radius 1 is 1.31 bits per heavy atom. The maximum Gasteiger partial charge on any atom is 0.332 e. The molecule has 13 heavy (non-hydrogen) atoms. The zero-order chi connectivity index (χ0) is 9.68. The Morgan fingerprint density at radius 2 is 1.92 bits per heavy atom. The van der Waals surface area contributed by atoms with Crippen LogP contribution in [0.2, 0.25) is 0 Å². The smallest absolute Gasteiger partial charge is 0.332 e. The first-order valence-corrected chi connectivity index (χ1v) is 4.36. The van der Waals surface area contributed by atoms with E-state index in [-0.39, 0.29) is 0 Å². The molecule has 1 aromatic rings. The van der Waals surface area contributed by atoms with E-state index in [2.05, 4.69) is 16.7 Å². The van der Waals surface area contributed by atoms with Gasteiger partial charge in [-0.3, -0.25) is 0 Å². The number of ether oxygens (including phenoxy) is 1. The standard InChI is InChI=1S/C11H16NO/c1-10(13-3)12(2)9-11-7-5-4-6-8-11/h4-8H,9H2,1-3H3/q+1. The number of methoxy groups -OCH3 is 1. The van der Waals surface area contributed by atoms with Crippen molar-refractivity contribution in [3.8, 4) is 0 Å². The summed E-state index contributed by atoms with van der Waals surface area (Å²) < 4.78 is 7.21. The van der Waals surface area contributed by atoms with Crippen LogP contribution < -0.4 is 0 Å². The molecule has 1 rings (SSSR count). The van der Waals surface area contributed by atoms with Crippen molar-refractivity contribution in [2.45, 2.75) is 13.5 Å². The molecule has 70 valence electrons. The highest BCUT2D eigenvalue weighted by Gasteiger charge is 2.04. The maximum absolute atomic E-state index is 5.13. The minimum Gasteiger partial charge on any atom is -0.452 e. The highest BCUT2D eigenvalue weighted by atomic mass is 16.5. The van der Waals surface area contributed by atoms with Gasteiger partial charge in [-0.1, -0.05) is 30.3 Å². The molecule has 0 bridgehead atoms. The summed E-state index contributed by atoms with van der Waals surface area (Å²) in [6.45, 7) is 2.85. The van der Waals surface area contributed by atoms with E-state index in [9.17, 15) is 0 Å². The first-order valence-electron chi connectivity index (χ1n) is 4.36. The van der Waals surface area contributed by atoms with Crippen LogP contribution in [-0.2, 0) is 11.3 Å². The normalized spacial score (nSPS) is 12.2. The molecule has 0 unspecified atom stereocenters. The van der Waals surface area contributed by atoms with Crippen LogP contribution in [0.25, 0.3) is 0 Å². The summed E-state index contributed by atoms with van der Waals surface area (Å²) in [6.07, 6.45) is 0. The highest BCUT2D eigenvalue weighted by molar-refractivity contribution is 5.67. The van der Waals surface area contributed by atoms with Gasteiger partial charge in [0.25, 0.3) is 0 Å². The predicted molar refractivity (Wildman–Crippen MR) is 54.0 cm³/mol. The molecule has 0 atom stereocenters. The van der Waals surface area contributed by atoms with Crippen molar-refractivity contribution in [2.75, 3.05) is 14.2 Å². The summed E-state index contributed by atoms with van der Waals surface area (Å²) in [5.74, 6) is 0.934. The van der Waals surface area contributed by atoms with Crippen molar-refractivity contribution in [1.82, 2.24) is 0 Å². The second-order valence-corrected chi connectivity index (χ2v) is 3.06. The molecule has 0 heterocycles. The topological polar surface area (TPSA) is 12.2 Å². The summed E-state index contributed by atoms with van der Waals surface area (Å²) in [7, 11) is 3.71. The second kappa shape index (κ2) is 4.65. The average molecular weight is 178 g/mol. The Kier molecular flexibility index (Phi) is 3.50. The monoisotopic (exact) mass is 178 g/mol. The van der Waals surface area contributed by atoms with Gasteiger partial charge >= 0.3 is 5.90 Å². The molecule has 2 nitrogen and oxygen atoms in total. The third kappa shape index (κ3) is 2.90. The summed E-state index contributed by atoms with van der Waals surface area (Å²) in [5, 5.41) is 0. The molecule has 0 N–H and O–H groups in total. The Balaban J connectivity index is 2.70. The Bertz CT molecular complexity index is 290. The highest BCUT2D eigenvalue weighted by Crippen LogP contribution is 1.99. The third-order valence-electron chi connectivity index (χ3n) is 2.10. The van der Waals surface area contributed by atoms with Crippen molar-refractivity contribution in [2.24, 2.45) is 0 Å². The quantitative estimate of drug-likeness (QED) is 0.383. The van der Waals surface area contributed by atoms with Gasteiger partial charge in [0.05, 0.1) is 14.0 Å². The number of hydrogen-bond acceptors (Lipinski definition) is 1. The van der Waals surface area contributed by atoms with Crippen LogP contribution in [0.4, 0.5) is 0 Å². The van der Waals surface area contributed by atoms with Gasteiger partial charge in [0.15, 0.2) is 6.54 Å². The van der Waals surface area contributed by atoms with E-state index in [1.165, 1.54) is 5.56 Å². The summed E-state index contributed by atoms with van der Waals surface area (Å²) in [5.41, 5.74) is 1.29. The van der Waals surface area contributed by atoms with Crippen molar-refractivity contribution in [1.29, 1.82) is 0 Å². The Labute approximate surface area is 79.5 Å². The molecule has 2 heteroatoms. The van der Waals surface area contributed by atoms with E-state index in [0.717, 1.165) is 12.4 Å². The van der Waals surface area contributed by atoms with E-state index in [4.69, 9.17) is 4.74 Å². The van der Waals surface area contributed by atoms with Gasteiger partial charge in [-0.2, -0.15) is 0 Å². The summed E-state index contributed by atoms with van der Waals surface area (Å²) in [6, 6.07) is 10.3. The lowest BCUT2D eigenvalue weighted by molar-refractivity contribution is -0.522. The van der Waals surface area contributed by atoms with Gasteiger partial charge in [-0.15, -0.1) is 0 Å². The molecule has 0 aliphatic carbocycles. The molecule has 0 radical (unpaired) electrons. The van der Waals surface area contributed by atoms with Crippen LogP contribution in [0.3, 0.4) is 0 Å².